The van der Waals surface area contributed by atoms with E-state index >= 15 is 0 Å². The number of rotatable bonds is 4. The highest BCUT2D eigenvalue weighted by Gasteiger charge is 2.13. The molecular weight excluding hydrogens is 276 g/mol. The molecule has 0 aromatic carbocycles. The van der Waals surface area contributed by atoms with Gasteiger partial charge in [-0.2, -0.15) is 0 Å². The average molecular weight is 292 g/mol. The number of carbonyl (C=O) groups is 2. The van der Waals surface area contributed by atoms with Crippen molar-refractivity contribution in [3.05, 3.63) is 28.3 Å². The van der Waals surface area contributed by atoms with Crippen LogP contribution in [0.25, 0.3) is 10.2 Å². The van der Waals surface area contributed by atoms with Crippen LogP contribution in [-0.2, 0) is 9.53 Å². The van der Waals surface area contributed by atoms with Crippen molar-refractivity contribution in [3.8, 4) is 0 Å². The molecule has 0 aliphatic rings. The summed E-state index contributed by atoms with van der Waals surface area (Å²) in [4.78, 5) is 27.9. The number of ether oxygens (including phenoxy) is 1. The van der Waals surface area contributed by atoms with Crippen molar-refractivity contribution in [2.45, 2.75) is 20.3 Å². The van der Waals surface area contributed by atoms with Crippen LogP contribution in [-0.4, -0.2) is 30.5 Å². The van der Waals surface area contributed by atoms with E-state index in [0.717, 1.165) is 21.3 Å². The van der Waals surface area contributed by atoms with Crippen LogP contribution >= 0.6 is 11.3 Å². The molecule has 0 aliphatic carbocycles. The Bertz CT molecular complexity index is 664. The zero-order valence-electron chi connectivity index (χ0n) is 11.6. The summed E-state index contributed by atoms with van der Waals surface area (Å²) in [6.45, 7) is 4.29. The minimum Gasteiger partial charge on any atom is -0.469 e. The molecule has 106 valence electrons. The number of hydrogen-bond acceptors (Lipinski definition) is 5. The maximum atomic E-state index is 12.0. The van der Waals surface area contributed by atoms with E-state index in [1.54, 1.807) is 6.07 Å². The summed E-state index contributed by atoms with van der Waals surface area (Å²) < 4.78 is 5.55. The van der Waals surface area contributed by atoms with Gasteiger partial charge in [-0.05, 0) is 31.0 Å². The van der Waals surface area contributed by atoms with Crippen molar-refractivity contribution >= 4 is 33.4 Å². The molecule has 2 heterocycles. The lowest BCUT2D eigenvalue weighted by atomic mass is 10.2. The molecule has 0 saturated heterocycles. The number of nitrogens with zero attached hydrogens (tertiary/aromatic N) is 1. The molecule has 0 bridgehead atoms. The number of esters is 1. The molecule has 0 aliphatic heterocycles. The van der Waals surface area contributed by atoms with Gasteiger partial charge in [0.1, 0.15) is 0 Å². The average Bonchev–Trinajstić information content (AvgIpc) is 2.87. The summed E-state index contributed by atoms with van der Waals surface area (Å²) in [7, 11) is 1.33. The first-order valence-corrected chi connectivity index (χ1v) is 7.05. The predicted molar refractivity (Wildman–Crippen MR) is 78.1 cm³/mol. The summed E-state index contributed by atoms with van der Waals surface area (Å²) in [5, 5.41) is 2.70. The van der Waals surface area contributed by atoms with E-state index in [2.05, 4.69) is 15.0 Å². The van der Waals surface area contributed by atoms with E-state index in [1.807, 2.05) is 20.0 Å². The highest BCUT2D eigenvalue weighted by Crippen LogP contribution is 2.28. The molecule has 1 amide bonds. The highest BCUT2D eigenvalue weighted by molar-refractivity contribution is 7.21. The fourth-order valence-corrected chi connectivity index (χ4v) is 2.85. The number of carbonyl (C=O) groups excluding carboxylic acids is 2. The van der Waals surface area contributed by atoms with Crippen LogP contribution in [0.3, 0.4) is 0 Å². The van der Waals surface area contributed by atoms with Crippen LogP contribution < -0.4 is 5.32 Å². The van der Waals surface area contributed by atoms with Gasteiger partial charge < -0.3 is 10.1 Å². The Morgan fingerprint density at radius 2 is 2.15 bits per heavy atom. The smallest absolute Gasteiger partial charge is 0.307 e. The number of amides is 1. The van der Waals surface area contributed by atoms with E-state index in [9.17, 15) is 9.59 Å². The van der Waals surface area contributed by atoms with Gasteiger partial charge in [0.05, 0.1) is 28.6 Å². The lowest BCUT2D eigenvalue weighted by Crippen LogP contribution is -2.25. The predicted octanol–water partition coefficient (Wildman–Crippen LogP) is 2.21. The second kappa shape index (κ2) is 6.00. The normalized spacial score (nSPS) is 10.6. The molecule has 0 saturated carbocycles. The van der Waals surface area contributed by atoms with E-state index in [4.69, 9.17) is 0 Å². The van der Waals surface area contributed by atoms with Crippen LogP contribution in [0.15, 0.2) is 12.3 Å². The summed E-state index contributed by atoms with van der Waals surface area (Å²) in [5.41, 5.74) is 3.09. The van der Waals surface area contributed by atoms with Gasteiger partial charge >= 0.3 is 5.97 Å². The fraction of sp³-hybridized carbons (Fsp3) is 0.357. The number of nitrogens with one attached hydrogen (secondary N) is 1. The van der Waals surface area contributed by atoms with Gasteiger partial charge in [-0.1, -0.05) is 0 Å². The third-order valence-corrected chi connectivity index (χ3v) is 4.35. The van der Waals surface area contributed by atoms with Gasteiger partial charge in [-0.15, -0.1) is 11.3 Å². The Labute approximate surface area is 121 Å². The van der Waals surface area contributed by atoms with Crippen molar-refractivity contribution in [3.63, 3.8) is 0 Å². The van der Waals surface area contributed by atoms with E-state index in [1.165, 1.54) is 18.4 Å². The molecule has 0 fully saturated rings. The lowest BCUT2D eigenvalue weighted by Gasteiger charge is -2.01. The maximum absolute atomic E-state index is 12.0. The highest BCUT2D eigenvalue weighted by atomic mass is 32.1. The lowest BCUT2D eigenvalue weighted by molar-refractivity contribution is -0.140. The van der Waals surface area contributed by atoms with Crippen molar-refractivity contribution in [2.75, 3.05) is 13.7 Å². The van der Waals surface area contributed by atoms with Gasteiger partial charge in [0.2, 0.25) is 0 Å². The largest absolute Gasteiger partial charge is 0.469 e. The van der Waals surface area contributed by atoms with E-state index in [0.29, 0.717) is 4.88 Å². The van der Waals surface area contributed by atoms with Crippen LogP contribution in [0.4, 0.5) is 0 Å². The van der Waals surface area contributed by atoms with E-state index < -0.39 is 0 Å². The maximum Gasteiger partial charge on any atom is 0.307 e. The Morgan fingerprint density at radius 3 is 2.85 bits per heavy atom. The first-order chi connectivity index (χ1) is 9.52. The first kappa shape index (κ1) is 14.5. The van der Waals surface area contributed by atoms with Crippen molar-refractivity contribution in [2.24, 2.45) is 0 Å². The summed E-state index contributed by atoms with van der Waals surface area (Å²) >= 11 is 1.42. The summed E-state index contributed by atoms with van der Waals surface area (Å²) in [6, 6.07) is 1.78. The molecule has 2 aromatic rings. The summed E-state index contributed by atoms with van der Waals surface area (Å²) in [6.07, 6.45) is 1.98. The van der Waals surface area contributed by atoms with Gasteiger partial charge in [0.25, 0.3) is 5.91 Å². The van der Waals surface area contributed by atoms with Crippen LogP contribution in [0.5, 0.6) is 0 Å². The molecule has 1 N–H and O–H groups in total. The van der Waals surface area contributed by atoms with Crippen LogP contribution in [0.1, 0.15) is 27.2 Å². The molecule has 2 rings (SSSR count). The standard InChI is InChI=1S/C14H16N2O3S/c1-8-7-16-10-6-11(20-13(10)9(8)2)14(18)15-5-4-12(17)19-3/h6-7H,4-5H2,1-3H3,(H,15,18). The summed E-state index contributed by atoms with van der Waals surface area (Å²) in [5.74, 6) is -0.524. The SMILES string of the molecule is COC(=O)CCNC(=O)c1cc2ncc(C)c(C)c2s1. The Balaban J connectivity index is 2.11. The first-order valence-electron chi connectivity index (χ1n) is 6.23. The second-order valence-corrected chi connectivity index (χ2v) is 5.53. The topological polar surface area (TPSA) is 68.3 Å². The molecule has 0 atom stereocenters. The number of thiophene rings is 1. The third-order valence-electron chi connectivity index (χ3n) is 3.11. The number of pyridine rings is 1. The second-order valence-electron chi connectivity index (χ2n) is 4.47. The number of aromatic nitrogens is 1. The third kappa shape index (κ3) is 2.96. The minimum atomic E-state index is -0.338. The zero-order valence-corrected chi connectivity index (χ0v) is 12.5. The fourth-order valence-electron chi connectivity index (χ4n) is 1.77. The number of methoxy groups -OCH3 is 1. The molecule has 2 aromatic heterocycles. The zero-order chi connectivity index (χ0) is 14.7. The molecule has 0 radical (unpaired) electrons. The Hall–Kier alpha value is -1.95. The van der Waals surface area contributed by atoms with E-state index in [-0.39, 0.29) is 24.8 Å². The molecule has 6 heteroatoms. The molecule has 0 unspecified atom stereocenters. The Kier molecular flexibility index (Phi) is 4.34. The number of hydrogen-bond donors (Lipinski definition) is 1. The Morgan fingerprint density at radius 1 is 1.40 bits per heavy atom. The molecule has 5 nitrogen and oxygen atoms in total. The van der Waals surface area contributed by atoms with Crippen LogP contribution in [0.2, 0.25) is 0 Å². The van der Waals surface area contributed by atoms with Crippen LogP contribution in [0, 0.1) is 13.8 Å². The van der Waals surface area contributed by atoms with Gasteiger partial charge in [-0.25, -0.2) is 0 Å². The quantitative estimate of drug-likeness (QED) is 0.877. The van der Waals surface area contributed by atoms with Gasteiger partial charge in [0.15, 0.2) is 0 Å². The monoisotopic (exact) mass is 292 g/mol. The van der Waals surface area contributed by atoms with Gasteiger partial charge in [-0.3, -0.25) is 14.6 Å². The van der Waals surface area contributed by atoms with Crippen molar-refractivity contribution in [1.29, 1.82) is 0 Å². The number of fused-ring (bicyclic) bond motifs is 1. The molecular formula is C14H16N2O3S. The number of aryl methyl sites for hydroxylation is 2. The molecule has 20 heavy (non-hydrogen) atoms. The van der Waals surface area contributed by atoms with Crippen molar-refractivity contribution in [1.82, 2.24) is 10.3 Å². The minimum absolute atomic E-state index is 0.170. The van der Waals surface area contributed by atoms with Gasteiger partial charge in [0, 0.05) is 12.7 Å². The molecule has 0 spiro atoms. The van der Waals surface area contributed by atoms with Crippen molar-refractivity contribution < 1.29 is 14.3 Å².